The normalized spacial score (nSPS) is 11.3. The van der Waals surface area contributed by atoms with Crippen LogP contribution in [0.4, 0.5) is 5.69 Å². The van der Waals surface area contributed by atoms with Crippen molar-refractivity contribution in [3.05, 3.63) is 59.4 Å². The first-order valence-corrected chi connectivity index (χ1v) is 9.04. The van der Waals surface area contributed by atoms with Gasteiger partial charge in [0.05, 0.1) is 29.1 Å². The molecule has 0 unspecified atom stereocenters. The molecule has 1 amide bonds. The first-order chi connectivity index (χ1) is 13.4. The molecular formula is C20H17ClN4O3. The number of hydrogen-bond donors (Lipinski definition) is 2. The molecule has 142 valence electrons. The van der Waals surface area contributed by atoms with Crippen LogP contribution in [0.1, 0.15) is 30.2 Å². The van der Waals surface area contributed by atoms with Crippen LogP contribution in [0.5, 0.6) is 5.75 Å². The fourth-order valence-electron chi connectivity index (χ4n) is 2.93. The molecule has 0 saturated heterocycles. The Labute approximate surface area is 165 Å². The number of nitrogens with zero attached hydrogens (tertiary/aromatic N) is 3. The Balaban J connectivity index is 1.85. The van der Waals surface area contributed by atoms with Gasteiger partial charge in [-0.25, -0.2) is 9.67 Å². The Kier molecular flexibility index (Phi) is 4.52. The van der Waals surface area contributed by atoms with Crippen molar-refractivity contribution in [2.75, 3.05) is 5.32 Å². The predicted molar refractivity (Wildman–Crippen MR) is 107 cm³/mol. The highest BCUT2D eigenvalue weighted by Crippen LogP contribution is 2.30. The Morgan fingerprint density at radius 3 is 2.82 bits per heavy atom. The zero-order valence-electron chi connectivity index (χ0n) is 15.2. The molecule has 0 fully saturated rings. The van der Waals surface area contributed by atoms with Crippen molar-refractivity contribution in [3.63, 3.8) is 0 Å². The van der Waals surface area contributed by atoms with Crippen LogP contribution in [0.3, 0.4) is 0 Å². The number of nitrogens with one attached hydrogen (secondary N) is 1. The number of pyridine rings is 1. The highest BCUT2D eigenvalue weighted by atomic mass is 35.5. The molecule has 7 nitrogen and oxygen atoms in total. The summed E-state index contributed by atoms with van der Waals surface area (Å²) < 4.78 is 7.20. The number of aromatic hydroxyl groups is 1. The number of halogens is 1. The van der Waals surface area contributed by atoms with Crippen molar-refractivity contribution in [2.45, 2.75) is 19.9 Å². The Morgan fingerprint density at radius 1 is 1.29 bits per heavy atom. The lowest BCUT2D eigenvalue weighted by Gasteiger charge is -2.11. The van der Waals surface area contributed by atoms with Gasteiger partial charge in [0, 0.05) is 11.1 Å². The summed E-state index contributed by atoms with van der Waals surface area (Å²) in [5.74, 6) is 0.0475. The van der Waals surface area contributed by atoms with Crippen molar-refractivity contribution in [1.82, 2.24) is 14.8 Å². The van der Waals surface area contributed by atoms with E-state index in [2.05, 4.69) is 15.4 Å². The molecule has 0 aliphatic rings. The summed E-state index contributed by atoms with van der Waals surface area (Å²) in [6.45, 7) is 3.97. The molecule has 28 heavy (non-hydrogen) atoms. The number of fused-ring (bicyclic) bond motifs is 1. The summed E-state index contributed by atoms with van der Waals surface area (Å²) in [4.78, 5) is 17.7. The van der Waals surface area contributed by atoms with Gasteiger partial charge in [-0.2, -0.15) is 5.10 Å². The summed E-state index contributed by atoms with van der Waals surface area (Å²) in [5.41, 5.74) is 1.67. The molecule has 4 rings (SSSR count). The molecule has 0 aliphatic carbocycles. The third kappa shape index (κ3) is 3.20. The standard InChI is InChI=1S/C20H17ClN4O3/c1-11(2)25-19-14(10-22-25)13(9-16(23-19)18-4-3-7-28-18)20(27)24-15-8-12(21)5-6-17(15)26/h3-11,26H,1-2H3,(H,24,27). The topological polar surface area (TPSA) is 93.2 Å². The molecule has 3 heterocycles. The van der Waals surface area contributed by atoms with Crippen molar-refractivity contribution in [1.29, 1.82) is 0 Å². The number of hydrogen-bond acceptors (Lipinski definition) is 5. The van der Waals surface area contributed by atoms with Crippen LogP contribution in [0.2, 0.25) is 5.02 Å². The predicted octanol–water partition coefficient (Wildman–Crippen LogP) is 4.88. The monoisotopic (exact) mass is 396 g/mol. The molecule has 2 N–H and O–H groups in total. The number of benzene rings is 1. The number of carbonyl (C=O) groups is 1. The van der Waals surface area contributed by atoms with Crippen LogP contribution in [0.15, 0.2) is 53.3 Å². The number of furan rings is 1. The fraction of sp³-hybridized carbons (Fsp3) is 0.150. The number of phenolic OH excluding ortho intramolecular Hbond substituents is 1. The van der Waals surface area contributed by atoms with E-state index >= 15 is 0 Å². The van der Waals surface area contributed by atoms with Crippen molar-refractivity contribution in [2.24, 2.45) is 0 Å². The second-order valence-electron chi connectivity index (χ2n) is 6.57. The number of amides is 1. The van der Waals surface area contributed by atoms with E-state index in [0.29, 0.717) is 33.1 Å². The van der Waals surface area contributed by atoms with Gasteiger partial charge in [0.25, 0.3) is 5.91 Å². The second kappa shape index (κ2) is 7.01. The maximum atomic E-state index is 13.0. The van der Waals surface area contributed by atoms with E-state index in [1.165, 1.54) is 12.1 Å². The van der Waals surface area contributed by atoms with E-state index in [-0.39, 0.29) is 17.5 Å². The quantitative estimate of drug-likeness (QED) is 0.479. The molecule has 0 saturated carbocycles. The average Bonchev–Trinajstić information content (AvgIpc) is 3.33. The second-order valence-corrected chi connectivity index (χ2v) is 7.00. The van der Waals surface area contributed by atoms with Crippen molar-refractivity contribution >= 4 is 34.2 Å². The molecule has 3 aromatic heterocycles. The molecule has 0 radical (unpaired) electrons. The van der Waals surface area contributed by atoms with Crippen LogP contribution in [0.25, 0.3) is 22.5 Å². The Morgan fingerprint density at radius 2 is 2.11 bits per heavy atom. The van der Waals surface area contributed by atoms with Gasteiger partial charge in [0.2, 0.25) is 0 Å². The van der Waals surface area contributed by atoms with E-state index in [0.717, 1.165) is 0 Å². The van der Waals surface area contributed by atoms with Gasteiger partial charge in [-0.15, -0.1) is 0 Å². The minimum atomic E-state index is -0.416. The molecule has 0 spiro atoms. The van der Waals surface area contributed by atoms with Gasteiger partial charge < -0.3 is 14.8 Å². The van der Waals surface area contributed by atoms with E-state index in [1.54, 1.807) is 41.4 Å². The highest BCUT2D eigenvalue weighted by Gasteiger charge is 2.20. The lowest BCUT2D eigenvalue weighted by atomic mass is 10.1. The first-order valence-electron chi connectivity index (χ1n) is 8.66. The summed E-state index contributed by atoms with van der Waals surface area (Å²) in [5, 5.41) is 18.1. The van der Waals surface area contributed by atoms with Crippen LogP contribution in [0, 0.1) is 0 Å². The molecule has 1 aromatic carbocycles. The van der Waals surface area contributed by atoms with E-state index < -0.39 is 5.91 Å². The van der Waals surface area contributed by atoms with Gasteiger partial charge in [-0.05, 0) is 50.2 Å². The average molecular weight is 397 g/mol. The van der Waals surface area contributed by atoms with Crippen molar-refractivity contribution in [3.8, 4) is 17.2 Å². The van der Waals surface area contributed by atoms with Gasteiger partial charge in [0.15, 0.2) is 11.4 Å². The molecule has 0 bridgehead atoms. The number of anilines is 1. The summed E-state index contributed by atoms with van der Waals surface area (Å²) in [6.07, 6.45) is 3.16. The Hall–Kier alpha value is -3.32. The maximum Gasteiger partial charge on any atom is 0.256 e. The number of carbonyl (C=O) groups excluding carboxylic acids is 1. The number of rotatable bonds is 4. The molecule has 4 aromatic rings. The van der Waals surface area contributed by atoms with E-state index in [1.807, 2.05) is 13.8 Å². The first kappa shape index (κ1) is 18.1. The molecule has 0 aliphatic heterocycles. The summed E-state index contributed by atoms with van der Waals surface area (Å²) in [7, 11) is 0. The lowest BCUT2D eigenvalue weighted by Crippen LogP contribution is -2.13. The minimum Gasteiger partial charge on any atom is -0.506 e. The SMILES string of the molecule is CC(C)n1ncc2c(C(=O)Nc3cc(Cl)ccc3O)cc(-c3ccco3)nc21. The number of aromatic nitrogens is 3. The van der Waals surface area contributed by atoms with Crippen LogP contribution in [-0.2, 0) is 0 Å². The van der Waals surface area contributed by atoms with Crippen LogP contribution in [-0.4, -0.2) is 25.8 Å². The molecular weight excluding hydrogens is 380 g/mol. The Bertz CT molecular complexity index is 1170. The van der Waals surface area contributed by atoms with Gasteiger partial charge in [-0.1, -0.05) is 11.6 Å². The zero-order chi connectivity index (χ0) is 19.8. The molecule has 8 heteroatoms. The zero-order valence-corrected chi connectivity index (χ0v) is 15.9. The van der Waals surface area contributed by atoms with Gasteiger partial charge >= 0.3 is 0 Å². The van der Waals surface area contributed by atoms with Crippen molar-refractivity contribution < 1.29 is 14.3 Å². The lowest BCUT2D eigenvalue weighted by molar-refractivity contribution is 0.102. The summed E-state index contributed by atoms with van der Waals surface area (Å²) in [6, 6.07) is 9.68. The third-order valence-corrected chi connectivity index (χ3v) is 4.52. The van der Waals surface area contributed by atoms with Crippen LogP contribution < -0.4 is 5.32 Å². The smallest absolute Gasteiger partial charge is 0.256 e. The number of phenols is 1. The fourth-order valence-corrected chi connectivity index (χ4v) is 3.10. The third-order valence-electron chi connectivity index (χ3n) is 4.28. The summed E-state index contributed by atoms with van der Waals surface area (Å²) >= 11 is 5.97. The van der Waals surface area contributed by atoms with E-state index in [4.69, 9.17) is 16.0 Å². The van der Waals surface area contributed by atoms with Crippen LogP contribution >= 0.6 is 11.6 Å². The highest BCUT2D eigenvalue weighted by molar-refractivity contribution is 6.31. The molecule has 0 atom stereocenters. The largest absolute Gasteiger partial charge is 0.506 e. The van der Waals surface area contributed by atoms with Gasteiger partial charge in [-0.3, -0.25) is 4.79 Å². The maximum absolute atomic E-state index is 13.0. The van der Waals surface area contributed by atoms with E-state index in [9.17, 15) is 9.90 Å². The minimum absolute atomic E-state index is 0.0599. The van der Waals surface area contributed by atoms with Gasteiger partial charge in [0.1, 0.15) is 11.4 Å².